The van der Waals surface area contributed by atoms with Crippen LogP contribution in [-0.4, -0.2) is 5.91 Å². The molecule has 0 aromatic heterocycles. The monoisotopic (exact) mass is 200 g/mol. The molecule has 0 saturated heterocycles. The topological polar surface area (TPSA) is 66.5 Å². The fourth-order valence-corrected chi connectivity index (χ4v) is 1.09. The van der Waals surface area contributed by atoms with Crippen molar-refractivity contribution in [1.29, 1.82) is 0 Å². The second-order valence-electron chi connectivity index (χ2n) is 2.97. The quantitative estimate of drug-likeness (QED) is 0.676. The minimum absolute atomic E-state index is 0.207. The second-order valence-corrected chi connectivity index (χ2v) is 2.97. The Morgan fingerprint density at radius 3 is 2.40 bits per heavy atom. The van der Waals surface area contributed by atoms with Crippen molar-refractivity contribution in [3.05, 3.63) is 41.7 Å². The van der Waals surface area contributed by atoms with Crippen LogP contribution >= 0.6 is 0 Å². The van der Waals surface area contributed by atoms with Gasteiger partial charge in [-0.1, -0.05) is 18.2 Å². The first-order valence-corrected chi connectivity index (χ1v) is 4.41. The van der Waals surface area contributed by atoms with Crippen LogP contribution in [0.25, 0.3) is 0 Å². The van der Waals surface area contributed by atoms with Crippen LogP contribution in [-0.2, 0) is 4.79 Å². The lowest BCUT2D eigenvalue weighted by molar-refractivity contribution is -0.114. The molecule has 2 rings (SSSR count). The standard InChI is InChI=1S/C10H8N4O/c1-7-9(10(15)14-11-7)13-12-8-5-3-2-4-6-8/h2-6H,1H3. The molecule has 5 nitrogen and oxygen atoms in total. The molecule has 15 heavy (non-hydrogen) atoms. The fourth-order valence-electron chi connectivity index (χ4n) is 1.09. The van der Waals surface area contributed by atoms with E-state index in [9.17, 15) is 4.79 Å². The lowest BCUT2D eigenvalue weighted by atomic mass is 10.3. The van der Waals surface area contributed by atoms with Crippen LogP contribution in [0, 0.1) is 0 Å². The Hall–Kier alpha value is -2.17. The first kappa shape index (κ1) is 9.39. The average molecular weight is 200 g/mol. The second kappa shape index (κ2) is 3.91. The van der Waals surface area contributed by atoms with E-state index < -0.39 is 5.91 Å². The van der Waals surface area contributed by atoms with E-state index in [4.69, 9.17) is 0 Å². The van der Waals surface area contributed by atoms with E-state index in [-0.39, 0.29) is 5.70 Å². The van der Waals surface area contributed by atoms with Gasteiger partial charge in [0.05, 0.1) is 11.4 Å². The van der Waals surface area contributed by atoms with Crippen LogP contribution in [0.5, 0.6) is 0 Å². The van der Waals surface area contributed by atoms with Gasteiger partial charge >= 0.3 is 5.91 Å². The van der Waals surface area contributed by atoms with Crippen molar-refractivity contribution in [2.75, 3.05) is 0 Å². The molecule has 0 atom stereocenters. The zero-order valence-electron chi connectivity index (χ0n) is 8.08. The predicted octanol–water partition coefficient (Wildman–Crippen LogP) is 2.99. The lowest BCUT2D eigenvalue weighted by Gasteiger charge is -1.90. The highest BCUT2D eigenvalue weighted by Gasteiger charge is 2.17. The molecule has 1 heterocycles. The number of amides is 1. The van der Waals surface area contributed by atoms with Gasteiger partial charge < -0.3 is 0 Å². The number of carbonyl (C=O) groups is 1. The summed E-state index contributed by atoms with van der Waals surface area (Å²) >= 11 is 0. The third-order valence-corrected chi connectivity index (χ3v) is 1.86. The largest absolute Gasteiger partial charge is 0.317 e. The fraction of sp³-hybridized carbons (Fsp3) is 0.100. The molecule has 0 saturated carbocycles. The van der Waals surface area contributed by atoms with Crippen molar-refractivity contribution in [3.8, 4) is 0 Å². The smallest absolute Gasteiger partial charge is 0.263 e. The van der Waals surface area contributed by atoms with E-state index in [2.05, 4.69) is 20.5 Å². The molecule has 0 unspecified atom stereocenters. The molecule has 1 aliphatic rings. The van der Waals surface area contributed by atoms with Crippen molar-refractivity contribution in [3.63, 3.8) is 0 Å². The molecular formula is C10H8N4O. The molecule has 0 radical (unpaired) electrons. The summed E-state index contributed by atoms with van der Waals surface area (Å²) in [5.41, 5.74) is 1.40. The van der Waals surface area contributed by atoms with Crippen LogP contribution in [0.4, 0.5) is 5.69 Å². The Balaban J connectivity index is 2.21. The molecule has 0 spiro atoms. The Labute approximate surface area is 86.3 Å². The summed E-state index contributed by atoms with van der Waals surface area (Å²) in [4.78, 5) is 11.1. The van der Waals surface area contributed by atoms with Gasteiger partial charge in [0.2, 0.25) is 0 Å². The summed E-state index contributed by atoms with van der Waals surface area (Å²) < 4.78 is 0. The van der Waals surface area contributed by atoms with E-state index in [1.807, 2.05) is 18.2 Å². The zero-order valence-corrected chi connectivity index (χ0v) is 8.08. The summed E-state index contributed by atoms with van der Waals surface area (Å²) in [6.45, 7) is 1.67. The number of hydrogen-bond donors (Lipinski definition) is 0. The number of rotatable bonds is 2. The van der Waals surface area contributed by atoms with Crippen LogP contribution in [0.1, 0.15) is 6.92 Å². The van der Waals surface area contributed by atoms with Gasteiger partial charge in [-0.25, -0.2) is 0 Å². The van der Waals surface area contributed by atoms with Crippen molar-refractivity contribution in [1.82, 2.24) is 0 Å². The zero-order chi connectivity index (χ0) is 10.7. The normalized spacial score (nSPS) is 15.7. The summed E-state index contributed by atoms with van der Waals surface area (Å²) in [6, 6.07) is 9.18. The third-order valence-electron chi connectivity index (χ3n) is 1.86. The van der Waals surface area contributed by atoms with Gasteiger partial charge in [-0.3, -0.25) is 4.79 Å². The molecular weight excluding hydrogens is 192 g/mol. The number of azo groups is 2. The molecule has 0 N–H and O–H groups in total. The van der Waals surface area contributed by atoms with Crippen molar-refractivity contribution >= 4 is 11.6 Å². The summed E-state index contributed by atoms with van der Waals surface area (Å²) in [5, 5.41) is 14.7. The molecule has 0 fully saturated rings. The molecule has 1 aliphatic heterocycles. The van der Waals surface area contributed by atoms with Crippen LogP contribution in [0.3, 0.4) is 0 Å². The Kier molecular flexibility index (Phi) is 2.45. The highest BCUT2D eigenvalue weighted by atomic mass is 16.2. The molecule has 74 valence electrons. The molecule has 5 heteroatoms. The average Bonchev–Trinajstić information content (AvgIpc) is 2.58. The number of carbonyl (C=O) groups excluding carboxylic acids is 1. The predicted molar refractivity (Wildman–Crippen MR) is 53.5 cm³/mol. The van der Waals surface area contributed by atoms with Gasteiger partial charge in [-0.2, -0.15) is 5.11 Å². The van der Waals surface area contributed by atoms with E-state index in [1.54, 1.807) is 19.1 Å². The molecule has 0 bridgehead atoms. The maximum atomic E-state index is 11.1. The summed E-state index contributed by atoms with van der Waals surface area (Å²) in [7, 11) is 0. The van der Waals surface area contributed by atoms with Crippen molar-refractivity contribution < 1.29 is 4.79 Å². The van der Waals surface area contributed by atoms with Crippen LogP contribution in [0.2, 0.25) is 0 Å². The van der Waals surface area contributed by atoms with Gasteiger partial charge in [0.1, 0.15) is 0 Å². The van der Waals surface area contributed by atoms with Gasteiger partial charge in [-0.05, 0) is 19.1 Å². The number of hydrogen-bond acceptors (Lipinski definition) is 4. The van der Waals surface area contributed by atoms with E-state index in [0.29, 0.717) is 11.4 Å². The van der Waals surface area contributed by atoms with E-state index in [0.717, 1.165) is 0 Å². The van der Waals surface area contributed by atoms with Gasteiger partial charge in [0.25, 0.3) is 0 Å². The highest BCUT2D eigenvalue weighted by Crippen LogP contribution is 2.19. The number of nitrogens with zero attached hydrogens (tertiary/aromatic N) is 4. The van der Waals surface area contributed by atoms with Gasteiger partial charge in [0.15, 0.2) is 5.70 Å². The SMILES string of the molecule is CC1=C(N=Nc2ccccc2)C(=O)N=N1. The molecule has 1 aromatic rings. The molecule has 1 amide bonds. The van der Waals surface area contributed by atoms with Crippen LogP contribution < -0.4 is 0 Å². The highest BCUT2D eigenvalue weighted by molar-refractivity contribution is 5.95. The lowest BCUT2D eigenvalue weighted by Crippen LogP contribution is -1.90. The van der Waals surface area contributed by atoms with E-state index in [1.165, 1.54) is 0 Å². The number of benzene rings is 1. The van der Waals surface area contributed by atoms with Crippen LogP contribution in [0.15, 0.2) is 62.2 Å². The summed E-state index contributed by atoms with van der Waals surface area (Å²) in [5.74, 6) is -0.438. The Morgan fingerprint density at radius 1 is 1.07 bits per heavy atom. The molecule has 1 aromatic carbocycles. The minimum Gasteiger partial charge on any atom is -0.263 e. The first-order chi connectivity index (χ1) is 7.27. The third kappa shape index (κ3) is 2.01. The Morgan fingerprint density at radius 2 is 1.80 bits per heavy atom. The van der Waals surface area contributed by atoms with Gasteiger partial charge in [0, 0.05) is 0 Å². The van der Waals surface area contributed by atoms with E-state index >= 15 is 0 Å². The maximum absolute atomic E-state index is 11.1. The first-order valence-electron chi connectivity index (χ1n) is 4.41. The summed E-state index contributed by atoms with van der Waals surface area (Å²) in [6.07, 6.45) is 0. The molecule has 0 aliphatic carbocycles. The Bertz CT molecular complexity index is 473. The maximum Gasteiger partial charge on any atom is 0.317 e. The number of allylic oxidation sites excluding steroid dienone is 1. The van der Waals surface area contributed by atoms with Crippen molar-refractivity contribution in [2.24, 2.45) is 20.5 Å². The minimum atomic E-state index is -0.438. The van der Waals surface area contributed by atoms with Gasteiger partial charge in [-0.15, -0.1) is 15.3 Å². The van der Waals surface area contributed by atoms with Crippen molar-refractivity contribution in [2.45, 2.75) is 6.92 Å².